The Bertz CT molecular complexity index is 1220. The molecule has 2 N–H and O–H groups in total. The number of halogens is 1. The highest BCUT2D eigenvalue weighted by molar-refractivity contribution is 5.79. The predicted octanol–water partition coefficient (Wildman–Crippen LogP) is 2.43. The molecule has 1 aliphatic rings. The third-order valence-corrected chi connectivity index (χ3v) is 5.55. The number of rotatable bonds is 4. The summed E-state index contributed by atoms with van der Waals surface area (Å²) in [5.74, 6) is 0.997. The Morgan fingerprint density at radius 2 is 2.14 bits per heavy atom. The molecule has 1 aliphatic carbocycles. The second kappa shape index (κ2) is 6.48. The minimum Gasteiger partial charge on any atom is -0.393 e. The van der Waals surface area contributed by atoms with Gasteiger partial charge in [-0.15, -0.1) is 5.10 Å². The predicted molar refractivity (Wildman–Crippen MR) is 105 cm³/mol. The quantitative estimate of drug-likeness (QED) is 0.554. The third kappa shape index (κ3) is 2.93. The number of imidazole rings is 1. The van der Waals surface area contributed by atoms with Crippen molar-refractivity contribution in [3.8, 4) is 11.1 Å². The number of nitrogens with zero attached hydrogens (tertiary/aromatic N) is 6. The van der Waals surface area contributed by atoms with Gasteiger partial charge in [-0.3, -0.25) is 0 Å². The van der Waals surface area contributed by atoms with Crippen LogP contribution in [0.4, 0.5) is 10.4 Å². The number of aliphatic hydroxyl groups excluding tert-OH is 1. The number of anilines is 1. The van der Waals surface area contributed by atoms with Crippen molar-refractivity contribution in [3.05, 3.63) is 42.2 Å². The first kappa shape index (κ1) is 18.0. The van der Waals surface area contributed by atoms with Gasteiger partial charge < -0.3 is 10.4 Å². The molecule has 0 aliphatic heterocycles. The van der Waals surface area contributed by atoms with Crippen molar-refractivity contribution in [2.75, 3.05) is 5.32 Å². The van der Waals surface area contributed by atoms with E-state index in [1.807, 2.05) is 29.8 Å². The van der Waals surface area contributed by atoms with Crippen LogP contribution in [0.5, 0.6) is 0 Å². The van der Waals surface area contributed by atoms with E-state index in [-0.39, 0.29) is 23.8 Å². The van der Waals surface area contributed by atoms with Crippen molar-refractivity contribution < 1.29 is 14.4 Å². The molecule has 0 amide bonds. The highest BCUT2D eigenvalue weighted by atomic mass is 19.2. The van der Waals surface area contributed by atoms with Gasteiger partial charge in [-0.05, 0) is 35.1 Å². The monoisotopic (exact) mass is 396 g/mol. The van der Waals surface area contributed by atoms with Crippen molar-refractivity contribution in [2.45, 2.75) is 51.7 Å². The first-order valence-electron chi connectivity index (χ1n) is 9.80. The lowest BCUT2D eigenvalue weighted by molar-refractivity contribution is -0.825. The van der Waals surface area contributed by atoms with Gasteiger partial charge in [-0.2, -0.15) is 4.40 Å². The normalized spacial score (nSPS) is 19.2. The van der Waals surface area contributed by atoms with Crippen LogP contribution in [-0.2, 0) is 0 Å². The number of hydrogen-bond acceptors (Lipinski definition) is 5. The van der Waals surface area contributed by atoms with Crippen LogP contribution in [-0.4, -0.2) is 41.2 Å². The highest BCUT2D eigenvalue weighted by Crippen LogP contribution is 2.28. The standard InChI is InChI=1S/C20H23FN7O/c1-11(2)18-12(3)23-20-26(18)9-13(10-27(20)21)16-4-5-28-17(16)8-22-19(25-28)24-14-6-15(29)7-14/h4-5,8-11,14-15,29H,6-7H2,1-3H3,(H,24,25)/q+1. The van der Waals surface area contributed by atoms with E-state index in [4.69, 9.17) is 0 Å². The van der Waals surface area contributed by atoms with Gasteiger partial charge in [-0.1, -0.05) is 18.8 Å². The lowest BCUT2D eigenvalue weighted by Crippen LogP contribution is -2.39. The zero-order valence-electron chi connectivity index (χ0n) is 16.5. The second-order valence-corrected chi connectivity index (χ2v) is 8.04. The number of hydrogen-bond donors (Lipinski definition) is 2. The maximum atomic E-state index is 14.7. The van der Waals surface area contributed by atoms with Crippen LogP contribution < -0.4 is 10.1 Å². The van der Waals surface area contributed by atoms with Crippen LogP contribution in [0.25, 0.3) is 22.4 Å². The van der Waals surface area contributed by atoms with Crippen molar-refractivity contribution in [2.24, 2.45) is 0 Å². The molecule has 5 rings (SSSR count). The van der Waals surface area contributed by atoms with E-state index >= 15 is 0 Å². The van der Waals surface area contributed by atoms with Gasteiger partial charge in [0.1, 0.15) is 11.9 Å². The zero-order valence-corrected chi connectivity index (χ0v) is 16.5. The molecular formula is C20H23FN7O+. The Balaban J connectivity index is 1.56. The summed E-state index contributed by atoms with van der Waals surface area (Å²) < 4.78 is 18.3. The maximum absolute atomic E-state index is 14.7. The summed E-state index contributed by atoms with van der Waals surface area (Å²) in [7, 11) is 0. The molecule has 0 radical (unpaired) electrons. The molecule has 0 atom stereocenters. The van der Waals surface area contributed by atoms with Gasteiger partial charge >= 0.3 is 5.78 Å². The maximum Gasteiger partial charge on any atom is 0.436 e. The first-order valence-corrected chi connectivity index (χ1v) is 9.80. The Hall–Kier alpha value is -3.07. The van der Waals surface area contributed by atoms with Crippen LogP contribution in [0, 0.1) is 6.92 Å². The molecule has 150 valence electrons. The summed E-state index contributed by atoms with van der Waals surface area (Å²) in [6, 6.07) is 2.10. The Kier molecular flexibility index (Phi) is 4.02. The molecule has 0 bridgehead atoms. The third-order valence-electron chi connectivity index (χ3n) is 5.55. The fourth-order valence-corrected chi connectivity index (χ4v) is 4.11. The number of fused-ring (bicyclic) bond motifs is 2. The molecule has 0 saturated heterocycles. The molecule has 29 heavy (non-hydrogen) atoms. The Morgan fingerprint density at radius 3 is 2.86 bits per heavy atom. The van der Waals surface area contributed by atoms with Gasteiger partial charge in [0.15, 0.2) is 5.69 Å². The number of aliphatic hydroxyl groups is 1. The van der Waals surface area contributed by atoms with Gasteiger partial charge in [-0.25, -0.2) is 9.50 Å². The summed E-state index contributed by atoms with van der Waals surface area (Å²) in [6.07, 6.45) is 8.09. The highest BCUT2D eigenvalue weighted by Gasteiger charge is 2.28. The van der Waals surface area contributed by atoms with Crippen molar-refractivity contribution >= 4 is 17.2 Å². The van der Waals surface area contributed by atoms with E-state index in [0.29, 0.717) is 29.1 Å². The summed E-state index contributed by atoms with van der Waals surface area (Å²) >= 11 is 0. The van der Waals surface area contributed by atoms with E-state index in [2.05, 4.69) is 34.2 Å². The fraction of sp³-hybridized carbons (Fsp3) is 0.400. The number of aromatic nitrogens is 6. The van der Waals surface area contributed by atoms with Gasteiger partial charge in [0, 0.05) is 23.7 Å². The molecule has 4 aromatic heterocycles. The fourth-order valence-electron chi connectivity index (χ4n) is 4.11. The molecule has 1 fully saturated rings. The van der Waals surface area contributed by atoms with Crippen molar-refractivity contribution in [1.82, 2.24) is 24.0 Å². The topological polar surface area (TPSA) is 83.6 Å². The average molecular weight is 396 g/mol. The van der Waals surface area contributed by atoms with Crippen LogP contribution in [0.2, 0.25) is 0 Å². The minimum absolute atomic E-state index is 0.198. The second-order valence-electron chi connectivity index (χ2n) is 8.04. The number of aryl methyl sites for hydroxylation is 1. The van der Waals surface area contributed by atoms with Crippen LogP contribution in [0.15, 0.2) is 30.9 Å². The van der Waals surface area contributed by atoms with Gasteiger partial charge in [0.05, 0.1) is 29.6 Å². The van der Waals surface area contributed by atoms with E-state index in [9.17, 15) is 9.59 Å². The van der Waals surface area contributed by atoms with Gasteiger partial charge in [0.2, 0.25) is 5.95 Å². The number of nitrogens with one attached hydrogen (secondary N) is 1. The first-order chi connectivity index (χ1) is 13.9. The van der Waals surface area contributed by atoms with E-state index in [1.165, 1.54) is 6.20 Å². The van der Waals surface area contributed by atoms with Crippen molar-refractivity contribution in [3.63, 3.8) is 0 Å². The van der Waals surface area contributed by atoms with Crippen LogP contribution >= 0.6 is 0 Å². The molecule has 1 saturated carbocycles. The molecule has 4 heterocycles. The Morgan fingerprint density at radius 1 is 1.34 bits per heavy atom. The van der Waals surface area contributed by atoms with Gasteiger partial charge in [0.25, 0.3) is 0 Å². The lowest BCUT2D eigenvalue weighted by atomic mass is 9.90. The van der Waals surface area contributed by atoms with E-state index in [0.717, 1.165) is 22.5 Å². The minimum atomic E-state index is -0.237. The summed E-state index contributed by atoms with van der Waals surface area (Å²) in [6.45, 7) is 6.05. The van der Waals surface area contributed by atoms with E-state index < -0.39 is 0 Å². The zero-order chi connectivity index (χ0) is 20.3. The SMILES string of the molecule is Cc1nc2n(cc(-c3ccn4nc(NC5CC(O)C5)ncc34)c[n+]2F)c1C(C)C. The largest absolute Gasteiger partial charge is 0.436 e. The van der Waals surface area contributed by atoms with Crippen LogP contribution in [0.1, 0.15) is 44.0 Å². The Labute approximate surface area is 166 Å². The average Bonchev–Trinajstić information content (AvgIpc) is 3.20. The molecule has 0 spiro atoms. The summed E-state index contributed by atoms with van der Waals surface area (Å²) in [5, 5.41) is 17.1. The molecular weight excluding hydrogens is 373 g/mol. The summed E-state index contributed by atoms with van der Waals surface area (Å²) in [4.78, 5) is 9.34. The molecule has 0 unspecified atom stereocenters. The van der Waals surface area contributed by atoms with E-state index in [1.54, 1.807) is 10.7 Å². The smallest absolute Gasteiger partial charge is 0.393 e. The molecule has 4 aromatic rings. The van der Waals surface area contributed by atoms with Crippen molar-refractivity contribution in [1.29, 1.82) is 0 Å². The summed E-state index contributed by atoms with van der Waals surface area (Å²) in [5.41, 5.74) is 4.15. The lowest BCUT2D eigenvalue weighted by Gasteiger charge is -2.31. The molecule has 9 heteroatoms. The molecule has 8 nitrogen and oxygen atoms in total. The van der Waals surface area contributed by atoms with Crippen LogP contribution in [0.3, 0.4) is 0 Å². The molecule has 0 aromatic carbocycles.